The number of rotatable bonds is 4. The second-order valence-electron chi connectivity index (χ2n) is 7.63. The van der Waals surface area contributed by atoms with E-state index in [1.54, 1.807) is 12.1 Å². The maximum Gasteiger partial charge on any atom is 0.179 e. The smallest absolute Gasteiger partial charge is 0.179 e. The summed E-state index contributed by atoms with van der Waals surface area (Å²) in [6, 6.07) is 10.9. The molecule has 3 aromatic rings. The number of piperidine rings is 1. The first-order valence-corrected chi connectivity index (χ1v) is 9.57. The average Bonchev–Trinajstić information content (AvgIpc) is 3.37. The molecule has 144 valence electrons. The third-order valence-corrected chi connectivity index (χ3v) is 5.90. The largest absolute Gasteiger partial charge is 0.507 e. The summed E-state index contributed by atoms with van der Waals surface area (Å²) in [6.07, 6.45) is 4.85. The Labute approximate surface area is 162 Å². The number of phenols is 1. The number of hydrogen-bond donors (Lipinski definition) is 3. The fourth-order valence-corrected chi connectivity index (χ4v) is 4.36. The van der Waals surface area contributed by atoms with Crippen LogP contribution in [0.3, 0.4) is 0 Å². The van der Waals surface area contributed by atoms with Gasteiger partial charge in [-0.3, -0.25) is 0 Å². The number of nitrogens with zero attached hydrogens (tertiary/aromatic N) is 6. The fraction of sp³-hybridized carbons (Fsp3) is 0.421. The Hall–Kier alpha value is -3.07. The molecule has 0 aliphatic carbocycles. The van der Waals surface area contributed by atoms with Crippen LogP contribution in [0.2, 0.25) is 0 Å². The third kappa shape index (κ3) is 3.07. The highest BCUT2D eigenvalue weighted by Gasteiger charge is 2.35. The van der Waals surface area contributed by atoms with Gasteiger partial charge in [0.25, 0.3) is 0 Å². The Bertz CT molecular complexity index is 947. The van der Waals surface area contributed by atoms with Crippen molar-refractivity contribution in [3.63, 3.8) is 0 Å². The number of hydrogen-bond acceptors (Lipinski definition) is 8. The number of tetrazole rings is 1. The zero-order chi connectivity index (χ0) is 19.1. The molecule has 4 heterocycles. The molecule has 1 aromatic carbocycles. The highest BCUT2D eigenvalue weighted by atomic mass is 16.3. The van der Waals surface area contributed by atoms with Gasteiger partial charge in [0.15, 0.2) is 11.6 Å². The summed E-state index contributed by atoms with van der Waals surface area (Å²) in [6.45, 7) is 0. The predicted molar refractivity (Wildman–Crippen MR) is 104 cm³/mol. The molecule has 2 saturated heterocycles. The van der Waals surface area contributed by atoms with E-state index in [-0.39, 0.29) is 5.75 Å². The van der Waals surface area contributed by atoms with E-state index in [1.165, 1.54) is 12.8 Å². The number of phenolic OH excluding ortho intramolecular Hbond substituents is 1. The molecule has 2 bridgehead atoms. The second kappa shape index (κ2) is 6.83. The van der Waals surface area contributed by atoms with Gasteiger partial charge in [0.05, 0.1) is 5.69 Å². The summed E-state index contributed by atoms with van der Waals surface area (Å²) < 4.78 is 0. The molecule has 0 spiro atoms. The monoisotopic (exact) mass is 378 g/mol. The molecule has 2 aromatic heterocycles. The van der Waals surface area contributed by atoms with Crippen LogP contribution >= 0.6 is 0 Å². The third-order valence-electron chi connectivity index (χ3n) is 5.90. The summed E-state index contributed by atoms with van der Waals surface area (Å²) in [7, 11) is 2.09. The van der Waals surface area contributed by atoms with Crippen LogP contribution in [0, 0.1) is 0 Å². The minimum atomic E-state index is 0.110. The molecule has 0 amide bonds. The van der Waals surface area contributed by atoms with Gasteiger partial charge < -0.3 is 15.3 Å². The molecule has 2 aliphatic heterocycles. The Kier molecular flexibility index (Phi) is 4.16. The number of aromatic nitrogens is 6. The van der Waals surface area contributed by atoms with Crippen molar-refractivity contribution in [1.29, 1.82) is 0 Å². The molecule has 0 unspecified atom stereocenters. The summed E-state index contributed by atoms with van der Waals surface area (Å²) >= 11 is 0. The minimum absolute atomic E-state index is 0.110. The van der Waals surface area contributed by atoms with Crippen molar-refractivity contribution in [2.45, 2.75) is 43.8 Å². The van der Waals surface area contributed by atoms with Crippen LogP contribution in [0.5, 0.6) is 5.75 Å². The van der Waals surface area contributed by atoms with Crippen molar-refractivity contribution >= 4 is 5.82 Å². The van der Waals surface area contributed by atoms with Gasteiger partial charge in [-0.2, -0.15) is 0 Å². The Balaban J connectivity index is 1.35. The van der Waals surface area contributed by atoms with Crippen molar-refractivity contribution in [3.05, 3.63) is 30.3 Å². The van der Waals surface area contributed by atoms with E-state index in [0.29, 0.717) is 40.8 Å². The quantitative estimate of drug-likeness (QED) is 0.629. The molecule has 3 N–H and O–H groups in total. The van der Waals surface area contributed by atoms with Crippen LogP contribution < -0.4 is 10.2 Å². The van der Waals surface area contributed by atoms with E-state index < -0.39 is 0 Å². The topological polar surface area (TPSA) is 116 Å². The standard InChI is InChI=1S/C19H22N8O/c1-27(14-9-12-3-4-13(10-14)20-12)18-7-6-16(21-22-18)15-5-2-11(8-17(15)28)19-23-25-26-24-19/h2,5-8,12-14,20,28H,3-4,9-10H2,1H3,(H,23,24,25,26)/t12-,13+,14-. The van der Waals surface area contributed by atoms with Gasteiger partial charge in [0, 0.05) is 36.3 Å². The van der Waals surface area contributed by atoms with Crippen LogP contribution in [0.15, 0.2) is 30.3 Å². The normalized spacial score (nSPS) is 23.7. The van der Waals surface area contributed by atoms with Gasteiger partial charge in [0.2, 0.25) is 0 Å². The molecule has 9 nitrogen and oxygen atoms in total. The van der Waals surface area contributed by atoms with Crippen molar-refractivity contribution in [1.82, 2.24) is 36.1 Å². The van der Waals surface area contributed by atoms with Gasteiger partial charge in [-0.1, -0.05) is 6.07 Å². The SMILES string of the molecule is CN(c1ccc(-c2ccc(-c3nnn[nH]3)cc2O)nn1)[C@@H]1C[C@H]2CC[C@@H](C1)N2. The van der Waals surface area contributed by atoms with Gasteiger partial charge in [-0.05, 0) is 60.4 Å². The van der Waals surface area contributed by atoms with Gasteiger partial charge in [0.1, 0.15) is 5.75 Å². The lowest BCUT2D eigenvalue weighted by Crippen LogP contribution is -2.47. The first kappa shape index (κ1) is 17.1. The van der Waals surface area contributed by atoms with Crippen LogP contribution in [0.4, 0.5) is 5.82 Å². The lowest BCUT2D eigenvalue weighted by atomic mass is 9.98. The Morgan fingerprint density at radius 3 is 2.50 bits per heavy atom. The maximum absolute atomic E-state index is 10.4. The van der Waals surface area contributed by atoms with Crippen LogP contribution in [0.1, 0.15) is 25.7 Å². The number of nitrogens with one attached hydrogen (secondary N) is 2. The number of fused-ring (bicyclic) bond motifs is 2. The summed E-state index contributed by atoms with van der Waals surface area (Å²) in [5.74, 6) is 1.47. The second-order valence-corrected chi connectivity index (χ2v) is 7.63. The number of benzene rings is 1. The highest BCUT2D eigenvalue weighted by molar-refractivity contribution is 5.72. The minimum Gasteiger partial charge on any atom is -0.507 e. The van der Waals surface area contributed by atoms with E-state index in [2.05, 4.69) is 48.1 Å². The predicted octanol–water partition coefficient (Wildman–Crippen LogP) is 1.75. The zero-order valence-electron chi connectivity index (χ0n) is 15.6. The Morgan fingerprint density at radius 2 is 1.86 bits per heavy atom. The number of aromatic hydroxyl groups is 1. The van der Waals surface area contributed by atoms with E-state index >= 15 is 0 Å². The van der Waals surface area contributed by atoms with E-state index in [4.69, 9.17) is 0 Å². The Morgan fingerprint density at radius 1 is 1.04 bits per heavy atom. The highest BCUT2D eigenvalue weighted by Crippen LogP contribution is 2.33. The van der Waals surface area contributed by atoms with Crippen LogP contribution in [0.25, 0.3) is 22.6 Å². The van der Waals surface area contributed by atoms with Gasteiger partial charge in [-0.15, -0.1) is 15.3 Å². The lowest BCUT2D eigenvalue weighted by molar-refractivity contribution is 0.353. The van der Waals surface area contributed by atoms with Gasteiger partial charge in [-0.25, -0.2) is 5.10 Å². The fourth-order valence-electron chi connectivity index (χ4n) is 4.36. The summed E-state index contributed by atoms with van der Waals surface area (Å²) in [4.78, 5) is 2.24. The first-order valence-electron chi connectivity index (χ1n) is 9.57. The maximum atomic E-state index is 10.4. The summed E-state index contributed by atoms with van der Waals surface area (Å²) in [5, 5.41) is 36.5. The molecule has 0 saturated carbocycles. The van der Waals surface area contributed by atoms with E-state index in [1.807, 2.05) is 18.2 Å². The van der Waals surface area contributed by atoms with E-state index in [9.17, 15) is 5.11 Å². The first-order chi connectivity index (χ1) is 13.7. The van der Waals surface area contributed by atoms with Crippen molar-refractivity contribution in [3.8, 4) is 28.4 Å². The molecule has 3 atom stereocenters. The van der Waals surface area contributed by atoms with Crippen molar-refractivity contribution in [2.24, 2.45) is 0 Å². The molecular weight excluding hydrogens is 356 g/mol. The van der Waals surface area contributed by atoms with Gasteiger partial charge >= 0.3 is 0 Å². The molecule has 28 heavy (non-hydrogen) atoms. The van der Waals surface area contributed by atoms with Crippen LogP contribution in [-0.2, 0) is 0 Å². The van der Waals surface area contributed by atoms with E-state index in [0.717, 1.165) is 18.7 Å². The molecule has 2 fully saturated rings. The lowest BCUT2D eigenvalue weighted by Gasteiger charge is -2.36. The molecule has 9 heteroatoms. The van der Waals surface area contributed by atoms with Crippen molar-refractivity contribution < 1.29 is 5.11 Å². The molecule has 2 aliphatic rings. The van der Waals surface area contributed by atoms with Crippen LogP contribution in [-0.4, -0.2) is 61.1 Å². The molecule has 5 rings (SSSR count). The zero-order valence-corrected chi connectivity index (χ0v) is 15.6. The van der Waals surface area contributed by atoms with Crippen molar-refractivity contribution in [2.75, 3.05) is 11.9 Å². The summed E-state index contributed by atoms with van der Waals surface area (Å²) in [5.41, 5.74) is 1.95. The molecular formula is C19H22N8O. The number of anilines is 1. The number of H-pyrrole nitrogens is 1. The molecule has 0 radical (unpaired) electrons. The average molecular weight is 378 g/mol. The number of aromatic amines is 1.